The molecule has 4 nitrogen and oxygen atoms in total. The lowest BCUT2D eigenvalue weighted by atomic mass is 10.2. The summed E-state index contributed by atoms with van der Waals surface area (Å²) in [7, 11) is 0. The van der Waals surface area contributed by atoms with Crippen LogP contribution >= 0.6 is 0 Å². The second-order valence-corrected chi connectivity index (χ2v) is 2.74. The Kier molecular flexibility index (Phi) is 4.81. The number of aliphatic carboxylic acids is 1. The Balaban J connectivity index is 3.61. The molecule has 0 bridgehead atoms. The first kappa shape index (κ1) is 10.4. The summed E-state index contributed by atoms with van der Waals surface area (Å²) < 4.78 is 4.86. The van der Waals surface area contributed by atoms with E-state index in [4.69, 9.17) is 14.9 Å². The molecular weight excluding hydrogens is 148 g/mol. The number of carboxylic acid groups (broad SMARTS) is 1. The summed E-state index contributed by atoms with van der Waals surface area (Å²) in [5.41, 5.74) is 0. The molecule has 66 valence electrons. The second kappa shape index (κ2) is 5.09. The molecular formula is C7H14O4. The maximum Gasteiger partial charge on any atom is 0.335 e. The van der Waals surface area contributed by atoms with E-state index in [9.17, 15) is 4.79 Å². The van der Waals surface area contributed by atoms with Crippen LogP contribution in [-0.4, -0.2) is 35.5 Å². The van der Waals surface area contributed by atoms with Gasteiger partial charge in [-0.3, -0.25) is 0 Å². The molecule has 0 aromatic rings. The third kappa shape index (κ3) is 4.75. The molecule has 0 fully saturated rings. The first-order valence-corrected chi connectivity index (χ1v) is 3.53. The number of carbonyl (C=O) groups is 1. The number of hydrogen-bond donors (Lipinski definition) is 2. The minimum atomic E-state index is -1.12. The molecule has 0 saturated carbocycles. The second-order valence-electron chi connectivity index (χ2n) is 2.74. The van der Waals surface area contributed by atoms with Gasteiger partial charge in [-0.25, -0.2) is 4.79 Å². The van der Waals surface area contributed by atoms with E-state index in [0.717, 1.165) is 0 Å². The van der Waals surface area contributed by atoms with Crippen LogP contribution in [0.3, 0.4) is 0 Å². The van der Waals surface area contributed by atoms with Crippen molar-refractivity contribution < 1.29 is 19.7 Å². The Morgan fingerprint density at radius 2 is 2.09 bits per heavy atom. The first-order chi connectivity index (χ1) is 5.07. The summed E-state index contributed by atoms with van der Waals surface area (Å²) in [6, 6.07) is 0. The molecule has 0 amide bonds. The average molecular weight is 162 g/mol. The Morgan fingerprint density at radius 3 is 2.36 bits per heavy atom. The van der Waals surface area contributed by atoms with E-state index in [1.807, 2.05) is 13.8 Å². The molecule has 0 aliphatic carbocycles. The van der Waals surface area contributed by atoms with Gasteiger partial charge in [0.15, 0.2) is 6.10 Å². The van der Waals surface area contributed by atoms with Crippen LogP contribution in [-0.2, 0) is 9.53 Å². The molecule has 0 radical (unpaired) electrons. The van der Waals surface area contributed by atoms with Crippen LogP contribution in [0.1, 0.15) is 13.8 Å². The molecule has 0 saturated heterocycles. The standard InChI is InChI=1S/C7H14O4/c1-5(2)4-11-6(3-8)7(9)10/h5-6,8H,3-4H2,1-2H3,(H,9,10). The fraction of sp³-hybridized carbons (Fsp3) is 0.857. The van der Waals surface area contributed by atoms with E-state index in [-0.39, 0.29) is 5.92 Å². The minimum absolute atomic E-state index is 0.281. The normalized spacial score (nSPS) is 13.5. The van der Waals surface area contributed by atoms with Crippen LogP contribution in [0.15, 0.2) is 0 Å². The number of hydrogen-bond acceptors (Lipinski definition) is 3. The van der Waals surface area contributed by atoms with Gasteiger partial charge >= 0.3 is 5.97 Å². The van der Waals surface area contributed by atoms with Crippen molar-refractivity contribution in [2.45, 2.75) is 20.0 Å². The third-order valence-corrected chi connectivity index (χ3v) is 1.07. The molecule has 0 heterocycles. The van der Waals surface area contributed by atoms with Gasteiger partial charge in [0.05, 0.1) is 13.2 Å². The van der Waals surface area contributed by atoms with E-state index < -0.39 is 18.7 Å². The molecule has 4 heteroatoms. The lowest BCUT2D eigenvalue weighted by Crippen LogP contribution is -2.29. The Labute approximate surface area is 65.8 Å². The number of rotatable bonds is 5. The fourth-order valence-corrected chi connectivity index (χ4v) is 0.511. The van der Waals surface area contributed by atoms with Crippen molar-refractivity contribution in [3.8, 4) is 0 Å². The van der Waals surface area contributed by atoms with Crippen molar-refractivity contribution >= 4 is 5.97 Å². The summed E-state index contributed by atoms with van der Waals surface area (Å²) >= 11 is 0. The fourth-order valence-electron chi connectivity index (χ4n) is 0.511. The molecule has 11 heavy (non-hydrogen) atoms. The lowest BCUT2D eigenvalue weighted by molar-refractivity contribution is -0.153. The number of aliphatic hydroxyl groups excluding tert-OH is 1. The van der Waals surface area contributed by atoms with Gasteiger partial charge in [-0.1, -0.05) is 13.8 Å². The molecule has 2 N–H and O–H groups in total. The number of aliphatic hydroxyl groups is 1. The highest BCUT2D eigenvalue weighted by Gasteiger charge is 2.16. The maximum atomic E-state index is 10.3. The number of carboxylic acids is 1. The summed E-state index contributed by atoms with van der Waals surface area (Å²) in [6.07, 6.45) is -1.07. The van der Waals surface area contributed by atoms with Crippen LogP contribution in [0, 0.1) is 5.92 Å². The van der Waals surface area contributed by atoms with Gasteiger partial charge in [-0.15, -0.1) is 0 Å². The predicted molar refractivity (Wildman–Crippen MR) is 39.3 cm³/mol. The topological polar surface area (TPSA) is 66.8 Å². The lowest BCUT2D eigenvalue weighted by Gasteiger charge is -2.11. The van der Waals surface area contributed by atoms with E-state index in [2.05, 4.69) is 0 Å². The Hall–Kier alpha value is -0.610. The highest BCUT2D eigenvalue weighted by molar-refractivity contribution is 5.72. The molecule has 1 atom stereocenters. The van der Waals surface area contributed by atoms with Crippen molar-refractivity contribution in [1.29, 1.82) is 0 Å². The first-order valence-electron chi connectivity index (χ1n) is 3.53. The Bertz CT molecular complexity index is 122. The molecule has 1 unspecified atom stereocenters. The molecule has 0 aliphatic heterocycles. The van der Waals surface area contributed by atoms with Gasteiger partial charge in [0.1, 0.15) is 0 Å². The van der Waals surface area contributed by atoms with E-state index >= 15 is 0 Å². The van der Waals surface area contributed by atoms with Crippen molar-refractivity contribution in [1.82, 2.24) is 0 Å². The van der Waals surface area contributed by atoms with Crippen molar-refractivity contribution in [2.75, 3.05) is 13.2 Å². The van der Waals surface area contributed by atoms with E-state index in [1.54, 1.807) is 0 Å². The van der Waals surface area contributed by atoms with Gasteiger partial charge in [0.2, 0.25) is 0 Å². The highest BCUT2D eigenvalue weighted by atomic mass is 16.5. The van der Waals surface area contributed by atoms with Gasteiger partial charge in [0.25, 0.3) is 0 Å². The SMILES string of the molecule is CC(C)COC(CO)C(=O)O. The maximum absolute atomic E-state index is 10.3. The zero-order chi connectivity index (χ0) is 8.85. The van der Waals surface area contributed by atoms with Gasteiger partial charge in [-0.2, -0.15) is 0 Å². The van der Waals surface area contributed by atoms with E-state index in [0.29, 0.717) is 6.61 Å². The molecule has 0 aromatic carbocycles. The third-order valence-electron chi connectivity index (χ3n) is 1.07. The van der Waals surface area contributed by atoms with Crippen molar-refractivity contribution in [2.24, 2.45) is 5.92 Å². The van der Waals surface area contributed by atoms with Crippen molar-refractivity contribution in [3.05, 3.63) is 0 Å². The summed E-state index contributed by atoms with van der Waals surface area (Å²) in [6.45, 7) is 3.71. The highest BCUT2D eigenvalue weighted by Crippen LogP contribution is 1.97. The van der Waals surface area contributed by atoms with Crippen LogP contribution in [0.5, 0.6) is 0 Å². The molecule has 0 rings (SSSR count). The molecule has 0 aliphatic rings. The Morgan fingerprint density at radius 1 is 1.55 bits per heavy atom. The molecule has 0 aromatic heterocycles. The average Bonchev–Trinajstić information content (AvgIpc) is 1.87. The largest absolute Gasteiger partial charge is 0.479 e. The minimum Gasteiger partial charge on any atom is -0.479 e. The zero-order valence-corrected chi connectivity index (χ0v) is 6.78. The van der Waals surface area contributed by atoms with Gasteiger partial charge < -0.3 is 14.9 Å². The van der Waals surface area contributed by atoms with Crippen LogP contribution in [0.4, 0.5) is 0 Å². The summed E-state index contributed by atoms with van der Waals surface area (Å²) in [5.74, 6) is -0.837. The zero-order valence-electron chi connectivity index (χ0n) is 6.78. The number of ether oxygens (including phenoxy) is 1. The monoisotopic (exact) mass is 162 g/mol. The van der Waals surface area contributed by atoms with Crippen LogP contribution in [0.2, 0.25) is 0 Å². The smallest absolute Gasteiger partial charge is 0.335 e. The van der Waals surface area contributed by atoms with Crippen molar-refractivity contribution in [3.63, 3.8) is 0 Å². The van der Waals surface area contributed by atoms with Gasteiger partial charge in [-0.05, 0) is 5.92 Å². The van der Waals surface area contributed by atoms with Crippen LogP contribution in [0.25, 0.3) is 0 Å². The molecule has 0 spiro atoms. The summed E-state index contributed by atoms with van der Waals surface area (Å²) in [4.78, 5) is 10.3. The summed E-state index contributed by atoms with van der Waals surface area (Å²) in [5, 5.41) is 16.9. The quantitative estimate of drug-likeness (QED) is 0.602. The predicted octanol–water partition coefficient (Wildman–Crippen LogP) is 0.104. The van der Waals surface area contributed by atoms with Gasteiger partial charge in [0, 0.05) is 0 Å². The van der Waals surface area contributed by atoms with Crippen LogP contribution < -0.4 is 0 Å². The van der Waals surface area contributed by atoms with E-state index in [1.165, 1.54) is 0 Å².